The SMILES string of the molecule is COc1ccccc1[PH+](CC[PH+](c1ccccc1)c1ccccc1[OH+]C)c1ccccc1.[CH3-].[Cl][Cr+][Cl]. The third-order valence-corrected chi connectivity index (χ3v) is 12.0. The number of aliphatic hydroxyl groups is 1. The minimum absolute atomic E-state index is 0. The predicted molar refractivity (Wildman–Crippen MR) is 163 cm³/mol. The zero-order valence-electron chi connectivity index (χ0n) is 20.8. The monoisotopic (exact) mass is 598 g/mol. The number of benzene rings is 4. The Kier molecular flexibility index (Phi) is 14.5. The van der Waals surface area contributed by atoms with Crippen LogP contribution in [0, 0.1) is 7.43 Å². The van der Waals surface area contributed by atoms with Crippen molar-refractivity contribution in [1.82, 2.24) is 0 Å². The average molecular weight is 599 g/mol. The van der Waals surface area contributed by atoms with Crippen molar-refractivity contribution in [1.29, 1.82) is 0 Å². The first-order valence-corrected chi connectivity index (χ1v) is 18.2. The van der Waals surface area contributed by atoms with Crippen molar-refractivity contribution in [3.8, 4) is 11.5 Å². The molecule has 0 spiro atoms. The molecule has 7 heteroatoms. The molecule has 4 rings (SSSR count). The van der Waals surface area contributed by atoms with Crippen LogP contribution >= 0.6 is 35.9 Å². The van der Waals surface area contributed by atoms with E-state index in [0.717, 1.165) is 23.8 Å². The Morgan fingerprint density at radius 2 is 1.08 bits per heavy atom. The summed E-state index contributed by atoms with van der Waals surface area (Å²) in [5.41, 5.74) is 0. The van der Waals surface area contributed by atoms with Gasteiger partial charge in [-0.2, -0.15) is 0 Å². The van der Waals surface area contributed by atoms with E-state index in [1.807, 2.05) is 7.11 Å². The normalized spacial score (nSPS) is 11.7. The van der Waals surface area contributed by atoms with Gasteiger partial charge in [-0.25, -0.2) is 0 Å². The van der Waals surface area contributed by atoms with E-state index < -0.39 is 15.8 Å². The molecule has 2 nitrogen and oxygen atoms in total. The van der Waals surface area contributed by atoms with Gasteiger partial charge in [-0.15, -0.1) is 0 Å². The molecule has 189 valence electrons. The van der Waals surface area contributed by atoms with Crippen LogP contribution < -0.4 is 26.0 Å². The third kappa shape index (κ3) is 8.50. The molecule has 0 aliphatic rings. The fraction of sp³-hybridized carbons (Fsp3) is 0.138. The number of rotatable bonds is 9. The van der Waals surface area contributed by atoms with Crippen molar-refractivity contribution in [3.05, 3.63) is 117 Å². The predicted octanol–water partition coefficient (Wildman–Crippen LogP) is 6.42. The molecule has 4 aromatic rings. The van der Waals surface area contributed by atoms with Crippen LogP contribution in [0.3, 0.4) is 0 Å². The van der Waals surface area contributed by atoms with Crippen LogP contribution in [-0.2, 0) is 13.4 Å². The molecule has 2 unspecified atom stereocenters. The molecule has 0 saturated heterocycles. The summed E-state index contributed by atoms with van der Waals surface area (Å²) in [5.74, 6) is 2.12. The molecule has 0 radical (unpaired) electrons. The van der Waals surface area contributed by atoms with Crippen LogP contribution in [-0.4, -0.2) is 31.3 Å². The first-order chi connectivity index (χ1) is 17.2. The van der Waals surface area contributed by atoms with Crippen LogP contribution in [0.15, 0.2) is 109 Å². The summed E-state index contributed by atoms with van der Waals surface area (Å²) >= 11 is -0.181. The number of halogens is 2. The molecule has 4 aromatic carbocycles. The topological polar surface area (TPSA) is 22.0 Å². The Bertz CT molecular complexity index is 1060. The van der Waals surface area contributed by atoms with Gasteiger partial charge in [-0.05, 0) is 42.5 Å². The molecule has 1 N–H and O–H groups in total. The summed E-state index contributed by atoms with van der Waals surface area (Å²) in [6, 6.07) is 39.2. The van der Waals surface area contributed by atoms with Gasteiger partial charge in [0.1, 0.15) is 17.6 Å². The molecular formula is C29H34Cl2CrO2P2+3. The maximum atomic E-state index is 5.78. The van der Waals surface area contributed by atoms with Gasteiger partial charge in [-0.1, -0.05) is 60.7 Å². The van der Waals surface area contributed by atoms with Crippen molar-refractivity contribution in [2.24, 2.45) is 0 Å². The van der Waals surface area contributed by atoms with E-state index in [0.29, 0.717) is 0 Å². The Morgan fingerprint density at radius 1 is 0.667 bits per heavy atom. The van der Waals surface area contributed by atoms with E-state index in [2.05, 4.69) is 114 Å². The molecule has 0 aliphatic heterocycles. The first kappa shape index (κ1) is 30.7. The zero-order valence-corrected chi connectivity index (χ0v) is 25.6. The first-order valence-electron chi connectivity index (χ1n) is 11.3. The second-order valence-corrected chi connectivity index (χ2v) is 14.9. The van der Waals surface area contributed by atoms with Crippen molar-refractivity contribution < 1.29 is 22.9 Å². The quantitative estimate of drug-likeness (QED) is 0.124. The zero-order chi connectivity index (χ0) is 24.9. The number of methoxy groups -OCH3 is 1. The molecule has 0 saturated carbocycles. The summed E-state index contributed by atoms with van der Waals surface area (Å²) in [4.78, 5) is 0. The second kappa shape index (κ2) is 17.1. The molecule has 2 atom stereocenters. The molecule has 0 heterocycles. The Balaban J connectivity index is 0.00000109. The maximum absolute atomic E-state index is 5.78. The van der Waals surface area contributed by atoms with Gasteiger partial charge in [0, 0.05) is 6.07 Å². The standard InChI is InChI=1S/C28H28O2P2.CH3.2ClH.Cr/c1-29-25-17-9-11-19-27(25)31(23-13-5-3-6-14-23)21-22-32(24-15-7-4-8-16-24)28-20-12-10-18-26(28)30-2;;;;/h3-20H,21-22H2,1-2H3;1H3;2*1H;/q;-1;;;+3/p+1. The molecule has 0 aromatic heterocycles. The van der Waals surface area contributed by atoms with Crippen molar-refractivity contribution in [2.75, 3.05) is 26.5 Å². The van der Waals surface area contributed by atoms with E-state index in [-0.39, 0.29) is 20.8 Å². The number of hydrogen-bond acceptors (Lipinski definition) is 1. The summed E-state index contributed by atoms with van der Waals surface area (Å²) in [6.07, 6.45) is 2.30. The molecule has 0 aliphatic carbocycles. The minimum atomic E-state index is -1.00. The van der Waals surface area contributed by atoms with Crippen LogP contribution in [0.4, 0.5) is 0 Å². The van der Waals surface area contributed by atoms with E-state index in [1.165, 1.54) is 21.2 Å². The van der Waals surface area contributed by atoms with Gasteiger partial charge in [0.2, 0.25) is 0 Å². The van der Waals surface area contributed by atoms with E-state index in [4.69, 9.17) is 24.8 Å². The fourth-order valence-corrected chi connectivity index (χ4v) is 10.7. The van der Waals surface area contributed by atoms with Crippen LogP contribution in [0.5, 0.6) is 11.5 Å². The summed E-state index contributed by atoms with van der Waals surface area (Å²) in [7, 11) is 11.4. The summed E-state index contributed by atoms with van der Waals surface area (Å²) in [6.45, 7) is 0. The third-order valence-electron chi connectivity index (χ3n) is 5.77. The van der Waals surface area contributed by atoms with Gasteiger partial charge < -0.3 is 16.9 Å². The number of ether oxygens (including phenoxy) is 2. The molecule has 0 amide bonds. The Morgan fingerprint density at radius 3 is 1.58 bits per heavy atom. The molecule has 0 bridgehead atoms. The molecular weight excluding hydrogens is 565 g/mol. The van der Waals surface area contributed by atoms with E-state index >= 15 is 0 Å². The van der Waals surface area contributed by atoms with E-state index in [1.54, 1.807) is 7.11 Å². The van der Waals surface area contributed by atoms with Gasteiger partial charge in [0.15, 0.2) is 18.2 Å². The van der Waals surface area contributed by atoms with Gasteiger partial charge in [-0.3, -0.25) is 0 Å². The van der Waals surface area contributed by atoms with E-state index in [9.17, 15) is 0 Å². The number of aromatic hydroxyl groups is 1. The Hall–Kier alpha value is -1.55. The van der Waals surface area contributed by atoms with Gasteiger partial charge >= 0.3 is 33.5 Å². The van der Waals surface area contributed by atoms with Crippen molar-refractivity contribution >= 4 is 57.2 Å². The molecule has 0 fully saturated rings. The fourth-order valence-electron chi connectivity index (χ4n) is 4.22. The van der Waals surface area contributed by atoms with Crippen molar-refractivity contribution in [3.63, 3.8) is 0 Å². The van der Waals surface area contributed by atoms with Crippen LogP contribution in [0.2, 0.25) is 0 Å². The second-order valence-electron chi connectivity index (χ2n) is 7.69. The Labute approximate surface area is 233 Å². The summed E-state index contributed by atoms with van der Waals surface area (Å²) in [5, 5.41) is 5.64. The number of para-hydroxylation sites is 2. The number of hydrogen-bond donors (Lipinski definition) is 0. The summed E-state index contributed by atoms with van der Waals surface area (Å²) < 4.78 is 10.4. The van der Waals surface area contributed by atoms with Crippen LogP contribution in [0.25, 0.3) is 0 Å². The van der Waals surface area contributed by atoms with Gasteiger partial charge in [0.25, 0.3) is 5.75 Å². The van der Waals surface area contributed by atoms with Gasteiger partial charge in [0.05, 0.1) is 33.6 Å². The molecule has 36 heavy (non-hydrogen) atoms. The van der Waals surface area contributed by atoms with Crippen molar-refractivity contribution in [2.45, 2.75) is 0 Å². The van der Waals surface area contributed by atoms with Crippen LogP contribution in [0.1, 0.15) is 0 Å². The average Bonchev–Trinajstić information content (AvgIpc) is 2.93.